The van der Waals surface area contributed by atoms with Gasteiger partial charge in [0.15, 0.2) is 0 Å². The van der Waals surface area contributed by atoms with Crippen LogP contribution in [0.25, 0.3) is 0 Å². The predicted octanol–water partition coefficient (Wildman–Crippen LogP) is -0.804. The van der Waals surface area contributed by atoms with E-state index in [1.54, 1.807) is 0 Å². The van der Waals surface area contributed by atoms with Crippen molar-refractivity contribution in [3.05, 3.63) is 0 Å². The van der Waals surface area contributed by atoms with Crippen LogP contribution in [-0.4, -0.2) is 6.08 Å². The molecule has 0 aliphatic heterocycles. The van der Waals surface area contributed by atoms with Crippen LogP contribution in [-0.2, 0) is 4.79 Å². The van der Waals surface area contributed by atoms with Crippen molar-refractivity contribution in [2.75, 3.05) is 0 Å². The molecule has 22 valence electrons. The number of nitrogens with zero attached hydrogens (tertiary/aromatic N) is 1. The lowest BCUT2D eigenvalue weighted by molar-refractivity contribution is 0.563. The van der Waals surface area contributed by atoms with Crippen LogP contribution in [0.4, 0.5) is 0 Å². The van der Waals surface area contributed by atoms with E-state index in [4.69, 9.17) is 4.79 Å². The smallest absolute Gasteiger partial charge is 0.257 e. The summed E-state index contributed by atoms with van der Waals surface area (Å²) in [6, 6.07) is 0. The molecular formula is CH2N2O. The summed E-state index contributed by atoms with van der Waals surface area (Å²) in [5, 5.41) is 2.43. The van der Waals surface area contributed by atoms with E-state index in [-0.39, 0.29) is 0 Å². The summed E-state index contributed by atoms with van der Waals surface area (Å²) in [5.74, 6) is 4.23. The highest BCUT2D eigenvalue weighted by atomic mass is 16.1. The fraction of sp³-hybridized carbons (Fsp3) is 0. The molecule has 4 heavy (non-hydrogen) atoms. The molecule has 2 N–H and O–H groups in total. The predicted molar refractivity (Wildman–Crippen MR) is 12.3 cm³/mol. The maximum Gasteiger partial charge on any atom is 0.257 e. The third-order valence-electron chi connectivity index (χ3n) is 0.0527. The monoisotopic (exact) mass is 58.0 g/mol. The lowest BCUT2D eigenvalue weighted by Crippen LogP contribution is -1.71. The van der Waals surface area contributed by atoms with Crippen LogP contribution in [0.15, 0.2) is 5.10 Å². The third-order valence-corrected chi connectivity index (χ3v) is 0.0527. The quantitative estimate of drug-likeness (QED) is 0.171. The van der Waals surface area contributed by atoms with Crippen LogP contribution >= 0.6 is 0 Å². The zero-order valence-corrected chi connectivity index (χ0v) is 1.93. The topological polar surface area (TPSA) is 55.4 Å². The Kier molecular flexibility index (Phi) is 1.73. The normalized spacial score (nSPS) is 4.00. The molecule has 0 spiro atoms. The fourth-order valence-electron chi connectivity index (χ4n) is 0. The molecule has 0 aliphatic rings. The summed E-state index contributed by atoms with van der Waals surface area (Å²) < 4.78 is 0. The highest BCUT2D eigenvalue weighted by Crippen LogP contribution is 1.14. The molecule has 3 nitrogen and oxygen atoms in total. The van der Waals surface area contributed by atoms with Crippen LogP contribution in [0, 0.1) is 0 Å². The number of hydrogen-bond acceptors (Lipinski definition) is 3. The number of nitrogens with two attached hydrogens (primary N) is 1. The molecule has 0 fully saturated rings. The maximum absolute atomic E-state index is 8.76. The molecule has 0 aromatic rings. The van der Waals surface area contributed by atoms with Gasteiger partial charge in [0.1, 0.15) is 0 Å². The third kappa shape index (κ3) is 1.18. The highest BCUT2D eigenvalue weighted by Gasteiger charge is 1.27. The molecule has 0 unspecified atom stereocenters. The molecule has 0 amide bonds. The largest absolute Gasteiger partial charge is 0.312 e. The van der Waals surface area contributed by atoms with Crippen LogP contribution < -0.4 is 5.84 Å². The van der Waals surface area contributed by atoms with Gasteiger partial charge in [0, 0.05) is 0 Å². The van der Waals surface area contributed by atoms with Gasteiger partial charge in [-0.05, 0) is 0 Å². The van der Waals surface area contributed by atoms with Crippen LogP contribution in [0.3, 0.4) is 0 Å². The Balaban J connectivity index is 3.11. The van der Waals surface area contributed by atoms with E-state index in [9.17, 15) is 0 Å². The van der Waals surface area contributed by atoms with Crippen molar-refractivity contribution in [1.29, 1.82) is 0 Å². The van der Waals surface area contributed by atoms with Gasteiger partial charge in [0.05, 0.1) is 0 Å². The van der Waals surface area contributed by atoms with E-state index in [1.807, 2.05) is 0 Å². The van der Waals surface area contributed by atoms with Crippen molar-refractivity contribution < 1.29 is 4.79 Å². The van der Waals surface area contributed by atoms with Crippen molar-refractivity contribution in [3.8, 4) is 0 Å². The van der Waals surface area contributed by atoms with Gasteiger partial charge in [-0.3, -0.25) is 0 Å². The van der Waals surface area contributed by atoms with Crippen molar-refractivity contribution in [2.45, 2.75) is 0 Å². The highest BCUT2D eigenvalue weighted by molar-refractivity contribution is 5.31. The summed E-state index contributed by atoms with van der Waals surface area (Å²) in [6.07, 6.45) is 1.08. The molecule has 0 saturated carbocycles. The van der Waals surface area contributed by atoms with Crippen molar-refractivity contribution in [1.82, 2.24) is 0 Å². The standard InChI is InChI=1S/CH2N2O/c2-3-1-4/h2H2. The molecule has 0 atom stereocenters. The zero-order chi connectivity index (χ0) is 3.41. The molecule has 0 saturated heterocycles. The Morgan fingerprint density at radius 3 is 2.25 bits per heavy atom. The van der Waals surface area contributed by atoms with Gasteiger partial charge in [0.2, 0.25) is 0 Å². The van der Waals surface area contributed by atoms with Gasteiger partial charge in [-0.15, -0.1) is 0 Å². The fourth-order valence-corrected chi connectivity index (χ4v) is 0. The summed E-state index contributed by atoms with van der Waals surface area (Å²) in [7, 11) is 0. The number of rotatable bonds is 0. The minimum atomic E-state index is 1.08. The van der Waals surface area contributed by atoms with Gasteiger partial charge in [0.25, 0.3) is 6.08 Å². The van der Waals surface area contributed by atoms with Crippen LogP contribution in [0.1, 0.15) is 0 Å². The average molecular weight is 58.0 g/mol. The van der Waals surface area contributed by atoms with E-state index in [2.05, 4.69) is 10.9 Å². The zero-order valence-electron chi connectivity index (χ0n) is 1.93. The molecule has 3 heteroatoms. The summed E-state index contributed by atoms with van der Waals surface area (Å²) >= 11 is 0. The summed E-state index contributed by atoms with van der Waals surface area (Å²) in [6.45, 7) is 0. The van der Waals surface area contributed by atoms with Gasteiger partial charge in [-0.2, -0.15) is 0 Å². The van der Waals surface area contributed by atoms with Gasteiger partial charge in [-0.25, -0.2) is 4.79 Å². The maximum atomic E-state index is 8.76. The SMILES string of the molecule is NN=C=O. The molecule has 0 aliphatic carbocycles. The summed E-state index contributed by atoms with van der Waals surface area (Å²) in [5.41, 5.74) is 0. The Bertz CT molecular complexity index is 44.0. The minimum Gasteiger partial charge on any atom is -0.312 e. The first-order valence-corrected chi connectivity index (χ1v) is 0.686. The van der Waals surface area contributed by atoms with E-state index < -0.39 is 0 Å². The van der Waals surface area contributed by atoms with Crippen molar-refractivity contribution in [3.63, 3.8) is 0 Å². The number of isocyanates is 1. The first-order chi connectivity index (χ1) is 1.91. The van der Waals surface area contributed by atoms with Crippen molar-refractivity contribution >= 4 is 6.08 Å². The van der Waals surface area contributed by atoms with E-state index in [1.165, 1.54) is 0 Å². The Hall–Kier alpha value is -0.820. The van der Waals surface area contributed by atoms with Crippen LogP contribution in [0.5, 0.6) is 0 Å². The van der Waals surface area contributed by atoms with E-state index in [0.29, 0.717) is 0 Å². The second kappa shape index (κ2) is 2.18. The number of hydrazone groups is 1. The Morgan fingerprint density at radius 1 is 2.00 bits per heavy atom. The molecule has 0 bridgehead atoms. The molecule has 0 aromatic heterocycles. The van der Waals surface area contributed by atoms with Gasteiger partial charge >= 0.3 is 0 Å². The van der Waals surface area contributed by atoms with E-state index >= 15 is 0 Å². The molecular weight excluding hydrogens is 56.0 g/mol. The lowest BCUT2D eigenvalue weighted by atomic mass is 11.6. The van der Waals surface area contributed by atoms with Gasteiger partial charge in [-0.1, -0.05) is 5.10 Å². The molecule has 0 rings (SSSR count). The van der Waals surface area contributed by atoms with Crippen LogP contribution in [0.2, 0.25) is 0 Å². The van der Waals surface area contributed by atoms with E-state index in [0.717, 1.165) is 6.08 Å². The van der Waals surface area contributed by atoms with Gasteiger partial charge < -0.3 is 5.84 Å². The Morgan fingerprint density at radius 2 is 2.25 bits per heavy atom. The molecule has 0 radical (unpaired) electrons. The van der Waals surface area contributed by atoms with Crippen molar-refractivity contribution in [2.24, 2.45) is 10.9 Å². The first-order valence-electron chi connectivity index (χ1n) is 0.686. The average Bonchev–Trinajstić information content (AvgIpc) is 1.37. The second-order valence-corrected chi connectivity index (χ2v) is 0.220. The number of carbonyl (C=O) groups excluding carboxylic acids is 1. The first kappa shape index (κ1) is 3.18. The lowest BCUT2D eigenvalue weighted by Gasteiger charge is -1.41. The summed E-state index contributed by atoms with van der Waals surface area (Å²) in [4.78, 5) is 8.76. The molecule has 0 heterocycles. The Labute approximate surface area is 23.1 Å². The minimum absolute atomic E-state index is 1.08. The number of hydrogen-bond donors (Lipinski definition) is 1. The molecule has 0 aromatic carbocycles. The second-order valence-electron chi connectivity index (χ2n) is 0.220.